The number of hydrogen-bond donors (Lipinski definition) is 0. The van der Waals surface area contributed by atoms with E-state index < -0.39 is 0 Å². The molecule has 2 aliphatic carbocycles. The van der Waals surface area contributed by atoms with E-state index in [-0.39, 0.29) is 39.7 Å². The van der Waals surface area contributed by atoms with Crippen molar-refractivity contribution in [3.63, 3.8) is 0 Å². The van der Waals surface area contributed by atoms with Gasteiger partial charge in [-0.15, -0.1) is 0 Å². The van der Waals surface area contributed by atoms with Gasteiger partial charge in [-0.25, -0.2) is 0 Å². The molecule has 0 N–H and O–H groups in total. The monoisotopic (exact) mass is 928 g/mol. The van der Waals surface area contributed by atoms with Gasteiger partial charge >= 0.3 is 0 Å². The largest absolute Gasteiger partial charge is 0.311 e. The van der Waals surface area contributed by atoms with Crippen molar-refractivity contribution < 1.29 is 0 Å². The van der Waals surface area contributed by atoms with Crippen LogP contribution in [-0.4, -0.2) is 19.5 Å². The predicted octanol–water partition coefficient (Wildman–Crippen LogP) is 15.1. The maximum absolute atomic E-state index is 4.73. The summed E-state index contributed by atoms with van der Waals surface area (Å²) in [5.74, 6) is 0.135. The van der Waals surface area contributed by atoms with Crippen LogP contribution in [0.1, 0.15) is 151 Å². The van der Waals surface area contributed by atoms with Gasteiger partial charge in [0.15, 0.2) is 0 Å². The molecule has 0 amide bonds. The second kappa shape index (κ2) is 15.8. The summed E-state index contributed by atoms with van der Waals surface area (Å²) in [6, 6.07) is 55.7. The van der Waals surface area contributed by atoms with Crippen LogP contribution >= 0.6 is 0 Å². The van der Waals surface area contributed by atoms with Gasteiger partial charge in [0.05, 0.1) is 0 Å². The van der Waals surface area contributed by atoms with Gasteiger partial charge in [-0.2, -0.15) is 0 Å². The molecule has 0 fully saturated rings. The normalized spacial score (nSPS) is 20.9. The third-order valence-electron chi connectivity index (χ3n) is 17.7. The van der Waals surface area contributed by atoms with Crippen molar-refractivity contribution in [1.29, 1.82) is 0 Å². The summed E-state index contributed by atoms with van der Waals surface area (Å²) in [6.45, 7) is 29.4. The zero-order valence-electron chi connectivity index (χ0n) is 44.3. The van der Waals surface area contributed by atoms with Crippen molar-refractivity contribution in [2.75, 3.05) is 16.3 Å². The van der Waals surface area contributed by atoms with Crippen molar-refractivity contribution >= 4 is 69.0 Å². The van der Waals surface area contributed by atoms with Gasteiger partial charge in [0.1, 0.15) is 0 Å². The quantitative estimate of drug-likeness (QED) is 0.164. The van der Waals surface area contributed by atoms with Crippen molar-refractivity contribution in [3.05, 3.63) is 201 Å². The molecule has 7 aromatic rings. The van der Waals surface area contributed by atoms with Crippen LogP contribution in [0.15, 0.2) is 151 Å². The second-order valence-corrected chi connectivity index (χ2v) is 25.2. The Labute approximate surface area is 424 Å². The summed E-state index contributed by atoms with van der Waals surface area (Å²) >= 11 is 0. The molecular formula is C67H70BN3. The van der Waals surface area contributed by atoms with Gasteiger partial charge in [0, 0.05) is 63.6 Å². The Kier molecular flexibility index (Phi) is 10.2. The second-order valence-electron chi connectivity index (χ2n) is 25.2. The lowest BCUT2D eigenvalue weighted by Crippen LogP contribution is -2.61. The Morgan fingerprint density at radius 2 is 1.23 bits per heavy atom. The van der Waals surface area contributed by atoms with Crippen LogP contribution in [0.4, 0.5) is 34.1 Å². The zero-order chi connectivity index (χ0) is 49.6. The molecule has 0 bridgehead atoms. The molecule has 0 saturated heterocycles. The minimum atomic E-state index is -0.190. The lowest BCUT2D eigenvalue weighted by Gasteiger charge is -2.50. The maximum Gasteiger partial charge on any atom is 0.252 e. The number of aliphatic imine (C=N–C) groups is 1. The Morgan fingerprint density at radius 3 is 1.92 bits per heavy atom. The molecule has 0 aromatic heterocycles. The van der Waals surface area contributed by atoms with Gasteiger partial charge < -0.3 is 9.80 Å². The SMILES string of the molecule is Cc1cc2c3c(c1)N(c1cccc(C(C)(C)C)c1)c1cc(C(C)(C)C)ccc1B3c1ccc(C3c4ccc(C5=CCCN=C5)cc4C4(C)CCc5ccccc5C34C)cc1N2c1ccc(C(C)(C)C)cc1. The smallest absolute Gasteiger partial charge is 0.252 e. The average Bonchev–Trinajstić information content (AvgIpc) is 3.56. The minimum Gasteiger partial charge on any atom is -0.311 e. The van der Waals surface area contributed by atoms with Crippen LogP contribution in [-0.2, 0) is 33.5 Å². The molecule has 0 radical (unpaired) electrons. The lowest BCUT2D eigenvalue weighted by atomic mass is 9.33. The summed E-state index contributed by atoms with van der Waals surface area (Å²) in [7, 11) is 0. The third-order valence-corrected chi connectivity index (χ3v) is 17.7. The molecule has 3 nitrogen and oxygen atoms in total. The number of aryl methyl sites for hydroxylation is 2. The van der Waals surface area contributed by atoms with Gasteiger partial charge in [-0.1, -0.05) is 173 Å². The molecule has 7 aromatic carbocycles. The molecule has 356 valence electrons. The highest BCUT2D eigenvalue weighted by Crippen LogP contribution is 2.66. The van der Waals surface area contributed by atoms with Gasteiger partial charge in [-0.3, -0.25) is 4.99 Å². The van der Waals surface area contributed by atoms with Crippen LogP contribution in [0.2, 0.25) is 0 Å². The van der Waals surface area contributed by atoms with E-state index in [0.717, 1.165) is 25.8 Å². The summed E-state index contributed by atoms with van der Waals surface area (Å²) in [6.07, 6.45) is 7.67. The first-order valence-electron chi connectivity index (χ1n) is 26.4. The highest BCUT2D eigenvalue weighted by Gasteiger charge is 2.61. The summed E-state index contributed by atoms with van der Waals surface area (Å²) in [5.41, 5.74) is 26.4. The molecule has 12 rings (SSSR count). The number of benzene rings is 7. The van der Waals surface area contributed by atoms with E-state index in [9.17, 15) is 0 Å². The first-order valence-corrected chi connectivity index (χ1v) is 26.4. The van der Waals surface area contributed by atoms with E-state index in [2.05, 4.69) is 245 Å². The molecule has 71 heavy (non-hydrogen) atoms. The molecule has 3 heterocycles. The van der Waals surface area contributed by atoms with Gasteiger partial charge in [-0.05, 0) is 169 Å². The van der Waals surface area contributed by atoms with E-state index in [1.54, 1.807) is 0 Å². The van der Waals surface area contributed by atoms with Crippen molar-refractivity contribution in [1.82, 2.24) is 0 Å². The van der Waals surface area contributed by atoms with Crippen molar-refractivity contribution in [3.8, 4) is 0 Å². The summed E-state index contributed by atoms with van der Waals surface area (Å²) < 4.78 is 0. The number of dihydropyridines is 1. The van der Waals surface area contributed by atoms with E-state index in [0.29, 0.717) is 0 Å². The fraction of sp³-hybridized carbons (Fsp3) is 0.328. The Morgan fingerprint density at radius 1 is 0.577 bits per heavy atom. The highest BCUT2D eigenvalue weighted by atomic mass is 15.2. The molecule has 0 saturated carbocycles. The first-order chi connectivity index (χ1) is 33.8. The molecule has 0 spiro atoms. The number of anilines is 6. The number of nitrogens with zero attached hydrogens (tertiary/aromatic N) is 3. The maximum atomic E-state index is 4.73. The Hall–Kier alpha value is -6.39. The Bertz CT molecular complexity index is 3390. The predicted molar refractivity (Wildman–Crippen MR) is 305 cm³/mol. The van der Waals surface area contributed by atoms with E-state index >= 15 is 0 Å². The summed E-state index contributed by atoms with van der Waals surface area (Å²) in [4.78, 5) is 9.96. The zero-order valence-corrected chi connectivity index (χ0v) is 44.3. The standard InChI is InChI=1S/C67H70BN3/c1-42-35-59-62-60(36-42)71(51-20-15-19-48(39-51)64(5,6)7)58-40-49(65(8,9)10)26-31-56(58)68(62)55-30-23-45(38-57(55)70(59)50-27-24-47(25-28-50)63(2,3)4)61-52-29-22-44(46-18-16-34-69-41-46)37-54(52)66(11)33-32-43-17-13-14-21-53(43)67(61,66)12/h13-15,17-31,35-41,61H,16,32-34H2,1-12H3. The van der Waals surface area contributed by atoms with Crippen LogP contribution < -0.4 is 26.2 Å². The fourth-order valence-corrected chi connectivity index (χ4v) is 13.6. The first kappa shape index (κ1) is 45.7. The van der Waals surface area contributed by atoms with Gasteiger partial charge in [0.2, 0.25) is 0 Å². The topological polar surface area (TPSA) is 18.8 Å². The molecule has 4 heteroatoms. The third kappa shape index (κ3) is 6.93. The summed E-state index contributed by atoms with van der Waals surface area (Å²) in [5, 5.41) is 0. The van der Waals surface area contributed by atoms with E-state index in [1.807, 2.05) is 0 Å². The molecule has 3 unspecified atom stereocenters. The fourth-order valence-electron chi connectivity index (χ4n) is 13.6. The van der Waals surface area contributed by atoms with Crippen molar-refractivity contribution in [2.24, 2.45) is 4.99 Å². The molecular weight excluding hydrogens is 858 g/mol. The minimum absolute atomic E-state index is 0.00122. The number of allylic oxidation sites excluding steroid dienone is 1. The Balaban J connectivity index is 1.13. The molecule has 3 atom stereocenters. The number of hydrogen-bond acceptors (Lipinski definition) is 3. The molecule has 5 aliphatic rings. The van der Waals surface area contributed by atoms with Crippen LogP contribution in [0.25, 0.3) is 5.57 Å². The highest BCUT2D eigenvalue weighted by molar-refractivity contribution is 7.00. The van der Waals surface area contributed by atoms with Crippen LogP contribution in [0.5, 0.6) is 0 Å². The average molecular weight is 928 g/mol. The van der Waals surface area contributed by atoms with Crippen molar-refractivity contribution in [2.45, 2.75) is 135 Å². The number of rotatable bonds is 4. The lowest BCUT2D eigenvalue weighted by molar-refractivity contribution is 0.223. The van der Waals surface area contributed by atoms with Crippen LogP contribution in [0.3, 0.4) is 0 Å². The molecule has 3 aliphatic heterocycles. The number of fused-ring (bicyclic) bond motifs is 9. The van der Waals surface area contributed by atoms with E-state index in [4.69, 9.17) is 4.99 Å². The van der Waals surface area contributed by atoms with Crippen LogP contribution in [0, 0.1) is 6.92 Å². The van der Waals surface area contributed by atoms with E-state index in [1.165, 1.54) is 112 Å². The van der Waals surface area contributed by atoms with Gasteiger partial charge in [0.25, 0.3) is 6.71 Å².